The summed E-state index contributed by atoms with van der Waals surface area (Å²) in [5.41, 5.74) is 1.30. The molecular formula is C17H21Cl2N. The van der Waals surface area contributed by atoms with E-state index < -0.39 is 0 Å². The van der Waals surface area contributed by atoms with Gasteiger partial charge in [-0.1, -0.05) is 29.3 Å². The van der Waals surface area contributed by atoms with Crippen molar-refractivity contribution in [3.63, 3.8) is 0 Å². The third-order valence-electron chi connectivity index (χ3n) is 6.07. The molecular weight excluding hydrogens is 289 g/mol. The van der Waals surface area contributed by atoms with E-state index >= 15 is 0 Å². The molecule has 0 aliphatic heterocycles. The number of hydrogen-bond donors (Lipinski definition) is 1. The summed E-state index contributed by atoms with van der Waals surface area (Å²) < 4.78 is 0. The Labute approximate surface area is 131 Å². The molecule has 0 spiro atoms. The van der Waals surface area contributed by atoms with Crippen LogP contribution in [0.15, 0.2) is 18.2 Å². The second-order valence-corrected chi connectivity index (χ2v) is 7.73. The van der Waals surface area contributed by atoms with E-state index in [2.05, 4.69) is 18.4 Å². The lowest BCUT2D eigenvalue weighted by Gasteiger charge is -2.20. The van der Waals surface area contributed by atoms with Gasteiger partial charge in [0, 0.05) is 6.04 Å². The van der Waals surface area contributed by atoms with Gasteiger partial charge in [-0.15, -0.1) is 0 Å². The van der Waals surface area contributed by atoms with Gasteiger partial charge in [0.05, 0.1) is 10.0 Å². The highest BCUT2D eigenvalue weighted by Crippen LogP contribution is 2.70. The predicted molar refractivity (Wildman–Crippen MR) is 84.3 cm³/mol. The Balaban J connectivity index is 1.48. The Morgan fingerprint density at radius 1 is 1.15 bits per heavy atom. The van der Waals surface area contributed by atoms with Crippen LogP contribution in [0.1, 0.15) is 24.8 Å². The number of likely N-dealkylation sites (N-methyl/N-ethyl adjacent to an activating group) is 1. The maximum absolute atomic E-state index is 6.14. The number of hydrogen-bond acceptors (Lipinski definition) is 1. The summed E-state index contributed by atoms with van der Waals surface area (Å²) in [5.74, 6) is 5.03. The molecule has 0 saturated heterocycles. The lowest BCUT2D eigenvalue weighted by molar-refractivity contribution is 0.376. The van der Waals surface area contributed by atoms with Crippen molar-refractivity contribution in [3.05, 3.63) is 33.8 Å². The number of nitrogens with one attached hydrogen (secondary N) is 1. The highest BCUT2D eigenvalue weighted by atomic mass is 35.5. The van der Waals surface area contributed by atoms with Crippen molar-refractivity contribution in [2.45, 2.75) is 31.7 Å². The quantitative estimate of drug-likeness (QED) is 0.868. The highest BCUT2D eigenvalue weighted by molar-refractivity contribution is 6.42. The minimum atomic E-state index is 0.602. The van der Waals surface area contributed by atoms with Crippen LogP contribution >= 0.6 is 23.2 Å². The molecule has 1 aromatic carbocycles. The zero-order valence-electron chi connectivity index (χ0n) is 11.8. The Morgan fingerprint density at radius 3 is 2.45 bits per heavy atom. The molecule has 3 aliphatic carbocycles. The first-order valence-corrected chi connectivity index (χ1v) is 8.56. The Kier molecular flexibility index (Phi) is 3.29. The maximum atomic E-state index is 6.14. The first-order valence-electron chi connectivity index (χ1n) is 7.80. The summed E-state index contributed by atoms with van der Waals surface area (Å²) in [5, 5.41) is 4.89. The predicted octanol–water partition coefficient (Wildman–Crippen LogP) is 4.42. The molecule has 0 heterocycles. The number of fused-ring (bicyclic) bond motifs is 5. The van der Waals surface area contributed by atoms with Crippen molar-refractivity contribution in [2.24, 2.45) is 29.6 Å². The van der Waals surface area contributed by atoms with Crippen LogP contribution in [0, 0.1) is 29.6 Å². The summed E-state index contributed by atoms with van der Waals surface area (Å²) in [4.78, 5) is 0. The van der Waals surface area contributed by atoms with Crippen molar-refractivity contribution in [3.8, 4) is 0 Å². The van der Waals surface area contributed by atoms with Gasteiger partial charge in [-0.05, 0) is 80.0 Å². The molecule has 1 N–H and O–H groups in total. The summed E-state index contributed by atoms with van der Waals surface area (Å²) >= 11 is 12.1. The summed E-state index contributed by atoms with van der Waals surface area (Å²) in [6.45, 7) is 0. The smallest absolute Gasteiger partial charge is 0.0595 e. The molecule has 0 amide bonds. The van der Waals surface area contributed by atoms with Crippen molar-refractivity contribution < 1.29 is 0 Å². The van der Waals surface area contributed by atoms with Crippen LogP contribution in [0.5, 0.6) is 0 Å². The SMILES string of the molecule is CNC(Cc1ccc(Cl)c(Cl)c1)C1C2C3CCC(C3)C21. The van der Waals surface area contributed by atoms with Gasteiger partial charge in [0.1, 0.15) is 0 Å². The van der Waals surface area contributed by atoms with E-state index in [9.17, 15) is 0 Å². The van der Waals surface area contributed by atoms with E-state index in [-0.39, 0.29) is 0 Å². The largest absolute Gasteiger partial charge is 0.316 e. The van der Waals surface area contributed by atoms with Crippen LogP contribution in [0.25, 0.3) is 0 Å². The van der Waals surface area contributed by atoms with Gasteiger partial charge in [-0.25, -0.2) is 0 Å². The lowest BCUT2D eigenvalue weighted by atomic mass is 9.93. The number of rotatable bonds is 4. The average Bonchev–Trinajstić information content (AvgIpc) is 2.87. The standard InChI is InChI=1S/C17H21Cl2N/c1-20-14(7-9-2-5-12(18)13(19)6-9)17-15-10-3-4-11(8-10)16(15)17/h2,5-6,10-11,14-17,20H,3-4,7-8H2,1H3. The minimum absolute atomic E-state index is 0.602. The molecule has 0 aromatic heterocycles. The second kappa shape index (κ2) is 4.90. The molecule has 3 aliphatic rings. The molecule has 5 unspecified atom stereocenters. The Morgan fingerprint density at radius 2 is 1.85 bits per heavy atom. The van der Waals surface area contributed by atoms with E-state index in [1.54, 1.807) is 0 Å². The van der Waals surface area contributed by atoms with Gasteiger partial charge in [0.2, 0.25) is 0 Å². The van der Waals surface area contributed by atoms with E-state index in [4.69, 9.17) is 23.2 Å². The van der Waals surface area contributed by atoms with Gasteiger partial charge in [0.15, 0.2) is 0 Å². The number of benzene rings is 1. The van der Waals surface area contributed by atoms with Crippen LogP contribution in [0.2, 0.25) is 10.0 Å². The van der Waals surface area contributed by atoms with Crippen molar-refractivity contribution in [2.75, 3.05) is 7.05 Å². The fraction of sp³-hybridized carbons (Fsp3) is 0.647. The van der Waals surface area contributed by atoms with Crippen LogP contribution < -0.4 is 5.32 Å². The fourth-order valence-electron chi connectivity index (χ4n) is 5.28. The minimum Gasteiger partial charge on any atom is -0.316 e. The zero-order chi connectivity index (χ0) is 13.9. The third-order valence-corrected chi connectivity index (χ3v) is 6.81. The third kappa shape index (κ3) is 2.01. The molecule has 0 radical (unpaired) electrons. The highest BCUT2D eigenvalue weighted by Gasteiger charge is 2.66. The fourth-order valence-corrected chi connectivity index (χ4v) is 5.60. The molecule has 1 aromatic rings. The van der Waals surface area contributed by atoms with Gasteiger partial charge in [-0.3, -0.25) is 0 Å². The van der Waals surface area contributed by atoms with Crippen LogP contribution in [-0.4, -0.2) is 13.1 Å². The summed E-state index contributed by atoms with van der Waals surface area (Å²) in [7, 11) is 2.11. The van der Waals surface area contributed by atoms with Gasteiger partial charge >= 0.3 is 0 Å². The van der Waals surface area contributed by atoms with Crippen molar-refractivity contribution in [1.82, 2.24) is 5.32 Å². The van der Waals surface area contributed by atoms with Crippen molar-refractivity contribution >= 4 is 23.2 Å². The molecule has 4 rings (SSSR count). The van der Waals surface area contributed by atoms with Crippen LogP contribution in [-0.2, 0) is 6.42 Å². The zero-order valence-corrected chi connectivity index (χ0v) is 13.3. The molecule has 1 nitrogen and oxygen atoms in total. The van der Waals surface area contributed by atoms with Crippen molar-refractivity contribution in [1.29, 1.82) is 0 Å². The van der Waals surface area contributed by atoms with Crippen LogP contribution in [0.4, 0.5) is 0 Å². The van der Waals surface area contributed by atoms with Crippen LogP contribution in [0.3, 0.4) is 0 Å². The monoisotopic (exact) mass is 309 g/mol. The molecule has 3 heteroatoms. The first-order chi connectivity index (χ1) is 9.69. The van der Waals surface area contributed by atoms with Gasteiger partial charge in [-0.2, -0.15) is 0 Å². The summed E-state index contributed by atoms with van der Waals surface area (Å²) in [6.07, 6.45) is 5.58. The molecule has 108 valence electrons. The molecule has 20 heavy (non-hydrogen) atoms. The Bertz CT molecular complexity index is 514. The molecule has 2 bridgehead atoms. The lowest BCUT2D eigenvalue weighted by Crippen LogP contribution is -2.32. The number of halogens is 2. The van der Waals surface area contributed by atoms with E-state index in [0.29, 0.717) is 16.1 Å². The normalized spacial score (nSPS) is 38.9. The first kappa shape index (κ1) is 13.4. The van der Waals surface area contributed by atoms with Gasteiger partial charge < -0.3 is 5.32 Å². The molecule has 3 saturated carbocycles. The second-order valence-electron chi connectivity index (χ2n) is 6.91. The van der Waals surface area contributed by atoms with E-state index in [0.717, 1.165) is 36.0 Å². The molecule has 5 atom stereocenters. The maximum Gasteiger partial charge on any atom is 0.0595 e. The summed E-state index contributed by atoms with van der Waals surface area (Å²) in [6, 6.07) is 6.67. The van der Waals surface area contributed by atoms with E-state index in [1.165, 1.54) is 24.8 Å². The van der Waals surface area contributed by atoms with E-state index in [1.807, 2.05) is 12.1 Å². The Hall–Kier alpha value is -0.240. The van der Waals surface area contributed by atoms with Gasteiger partial charge in [0.25, 0.3) is 0 Å². The molecule has 3 fully saturated rings. The average molecular weight is 310 g/mol. The topological polar surface area (TPSA) is 12.0 Å².